The fourth-order valence-electron chi connectivity index (χ4n) is 3.25. The first kappa shape index (κ1) is 25.6. The van der Waals surface area contributed by atoms with E-state index in [-0.39, 0.29) is 22.9 Å². The molecule has 1 amide bonds. The summed E-state index contributed by atoms with van der Waals surface area (Å²) in [5.41, 5.74) is 1.49. The van der Waals surface area contributed by atoms with Gasteiger partial charge < -0.3 is 5.32 Å². The normalized spacial score (nSPS) is 14.3. The number of nitrogens with zero attached hydrogens (tertiary/aromatic N) is 1. The molecule has 0 bridgehead atoms. The Hall–Kier alpha value is -1.44. The first-order valence-corrected chi connectivity index (χ1v) is 11.7. The third-order valence-electron chi connectivity index (χ3n) is 4.90. The van der Waals surface area contributed by atoms with E-state index < -0.39 is 15.3 Å². The minimum absolute atomic E-state index is 0.0329. The number of rotatable bonds is 8. The largest absolute Gasteiger partial charge is 0.325 e. The summed E-state index contributed by atoms with van der Waals surface area (Å²) in [5, 5.41) is 2.51. The number of amides is 1. The van der Waals surface area contributed by atoms with E-state index in [0.717, 1.165) is 11.3 Å². The summed E-state index contributed by atoms with van der Waals surface area (Å²) in [6.45, 7) is 18.6. The smallest absolute Gasteiger partial charge is 0.238 e. The molecule has 1 unspecified atom stereocenters. The highest BCUT2D eigenvalue weighted by molar-refractivity contribution is 7.90. The zero-order chi connectivity index (χ0) is 22.6. The molecule has 0 radical (unpaired) electrons. The molecule has 0 heterocycles. The Morgan fingerprint density at radius 3 is 1.86 bits per heavy atom. The number of hydrogen-bond donors (Lipinski definition) is 2. The van der Waals surface area contributed by atoms with Gasteiger partial charge in [0, 0.05) is 23.3 Å². The number of hydrogen-bond acceptors (Lipinski definition) is 4. The lowest BCUT2D eigenvalue weighted by molar-refractivity contribution is -0.120. The van der Waals surface area contributed by atoms with Crippen molar-refractivity contribution < 1.29 is 13.2 Å². The van der Waals surface area contributed by atoms with Gasteiger partial charge in [0.2, 0.25) is 15.9 Å². The molecule has 166 valence electrons. The van der Waals surface area contributed by atoms with Crippen LogP contribution in [0.4, 0.5) is 5.69 Å². The third kappa shape index (κ3) is 8.07. The molecule has 1 aromatic rings. The lowest BCUT2D eigenvalue weighted by Crippen LogP contribution is -2.55. The predicted molar refractivity (Wildman–Crippen MR) is 122 cm³/mol. The summed E-state index contributed by atoms with van der Waals surface area (Å²) < 4.78 is 26.5. The molecule has 1 aromatic carbocycles. The van der Waals surface area contributed by atoms with Crippen molar-refractivity contribution in [2.45, 2.75) is 84.6 Å². The van der Waals surface area contributed by atoms with E-state index in [2.05, 4.69) is 56.5 Å². The molecule has 2 N–H and O–H groups in total. The van der Waals surface area contributed by atoms with Crippen LogP contribution in [0.1, 0.15) is 73.8 Å². The number of sulfonamides is 1. The highest BCUT2D eigenvalue weighted by Gasteiger charge is 2.32. The lowest BCUT2D eigenvalue weighted by Gasteiger charge is -2.44. The van der Waals surface area contributed by atoms with E-state index in [1.54, 1.807) is 13.8 Å². The predicted octanol–water partition coefficient (Wildman–Crippen LogP) is 3.96. The molecule has 0 aromatic heterocycles. The molecule has 0 aliphatic heterocycles. The molecule has 0 saturated heterocycles. The van der Waals surface area contributed by atoms with Crippen LogP contribution in [0.15, 0.2) is 24.3 Å². The third-order valence-corrected chi connectivity index (χ3v) is 6.71. The van der Waals surface area contributed by atoms with Crippen LogP contribution < -0.4 is 10.0 Å². The maximum atomic E-state index is 12.6. The van der Waals surface area contributed by atoms with Crippen molar-refractivity contribution in [3.8, 4) is 0 Å². The summed E-state index contributed by atoms with van der Waals surface area (Å²) in [6.07, 6.45) is 0. The van der Waals surface area contributed by atoms with E-state index in [0.29, 0.717) is 13.1 Å². The second-order valence-electron chi connectivity index (χ2n) is 9.94. The van der Waals surface area contributed by atoms with Gasteiger partial charge in [-0.15, -0.1) is 0 Å². The second kappa shape index (κ2) is 9.58. The molecule has 7 heteroatoms. The van der Waals surface area contributed by atoms with E-state index >= 15 is 0 Å². The molecule has 1 atom stereocenters. The quantitative estimate of drug-likeness (QED) is 0.661. The van der Waals surface area contributed by atoms with Crippen LogP contribution in [-0.2, 0) is 14.8 Å². The van der Waals surface area contributed by atoms with Gasteiger partial charge >= 0.3 is 0 Å². The molecule has 29 heavy (non-hydrogen) atoms. The SMILES string of the molecule is CC(CNS(=O)(=O)C(C)C)c1ccc(NC(=O)CN(C(C)(C)C)C(C)(C)C)cc1. The Balaban J connectivity index is 2.73. The number of anilines is 1. The molecule has 1 rings (SSSR count). The van der Waals surface area contributed by atoms with Gasteiger partial charge in [-0.25, -0.2) is 13.1 Å². The molecule has 0 aliphatic carbocycles. The van der Waals surface area contributed by atoms with Gasteiger partial charge in [0.25, 0.3) is 0 Å². The number of benzene rings is 1. The minimum atomic E-state index is -3.27. The fraction of sp³-hybridized carbons (Fsp3) is 0.682. The summed E-state index contributed by atoms with van der Waals surface area (Å²) in [7, 11) is -3.27. The van der Waals surface area contributed by atoms with Gasteiger partial charge in [0.15, 0.2) is 0 Å². The molecule has 0 spiro atoms. The molecule has 0 fully saturated rings. The van der Waals surface area contributed by atoms with E-state index in [1.807, 2.05) is 31.2 Å². The van der Waals surface area contributed by atoms with Crippen LogP contribution in [0.3, 0.4) is 0 Å². The topological polar surface area (TPSA) is 78.5 Å². The molecular formula is C22H39N3O3S. The number of carbonyl (C=O) groups is 1. The van der Waals surface area contributed by atoms with Gasteiger partial charge in [-0.2, -0.15) is 0 Å². The molecule has 0 saturated carbocycles. The Bertz CT molecular complexity index is 759. The van der Waals surface area contributed by atoms with Crippen molar-refractivity contribution >= 4 is 21.6 Å². The summed E-state index contributed by atoms with van der Waals surface area (Å²) >= 11 is 0. The van der Waals surface area contributed by atoms with Crippen LogP contribution in [0.2, 0.25) is 0 Å². The Morgan fingerprint density at radius 1 is 0.966 bits per heavy atom. The van der Waals surface area contributed by atoms with Gasteiger partial charge in [-0.05, 0) is 79.0 Å². The van der Waals surface area contributed by atoms with Gasteiger partial charge in [0.05, 0.1) is 11.8 Å². The molecule has 6 nitrogen and oxygen atoms in total. The zero-order valence-corrected chi connectivity index (χ0v) is 20.3. The molecule has 0 aliphatic rings. The Kier molecular flexibility index (Phi) is 8.46. The van der Waals surface area contributed by atoms with Crippen molar-refractivity contribution in [2.75, 3.05) is 18.4 Å². The zero-order valence-electron chi connectivity index (χ0n) is 19.5. The number of carbonyl (C=O) groups excluding carboxylic acids is 1. The summed E-state index contributed by atoms with van der Waals surface area (Å²) in [5.74, 6) is -0.0223. The standard InChI is InChI=1S/C22H39N3O3S/c1-16(2)29(27,28)23-14-17(3)18-10-12-19(13-11-18)24-20(26)15-25(21(4,5)6)22(7,8)9/h10-13,16-17,23H,14-15H2,1-9H3,(H,24,26). The highest BCUT2D eigenvalue weighted by atomic mass is 32.2. The maximum Gasteiger partial charge on any atom is 0.238 e. The van der Waals surface area contributed by atoms with Gasteiger partial charge in [-0.1, -0.05) is 19.1 Å². The Labute approximate surface area is 177 Å². The van der Waals surface area contributed by atoms with E-state index in [1.165, 1.54) is 0 Å². The van der Waals surface area contributed by atoms with Crippen LogP contribution in [0, 0.1) is 0 Å². The van der Waals surface area contributed by atoms with Crippen molar-refractivity contribution in [1.29, 1.82) is 0 Å². The monoisotopic (exact) mass is 425 g/mol. The fourth-order valence-corrected chi connectivity index (χ4v) is 4.06. The Morgan fingerprint density at radius 2 is 1.45 bits per heavy atom. The van der Waals surface area contributed by atoms with Crippen LogP contribution in [0.25, 0.3) is 0 Å². The van der Waals surface area contributed by atoms with Crippen molar-refractivity contribution in [3.05, 3.63) is 29.8 Å². The molecular weight excluding hydrogens is 386 g/mol. The van der Waals surface area contributed by atoms with Crippen molar-refractivity contribution in [2.24, 2.45) is 0 Å². The van der Waals surface area contributed by atoms with Crippen LogP contribution in [-0.4, -0.2) is 48.6 Å². The van der Waals surface area contributed by atoms with Crippen LogP contribution >= 0.6 is 0 Å². The average Bonchev–Trinajstić information content (AvgIpc) is 2.56. The second-order valence-corrected chi connectivity index (χ2v) is 12.3. The maximum absolute atomic E-state index is 12.6. The minimum Gasteiger partial charge on any atom is -0.325 e. The average molecular weight is 426 g/mol. The van der Waals surface area contributed by atoms with Crippen LogP contribution in [0.5, 0.6) is 0 Å². The van der Waals surface area contributed by atoms with E-state index in [9.17, 15) is 13.2 Å². The van der Waals surface area contributed by atoms with Crippen molar-refractivity contribution in [3.63, 3.8) is 0 Å². The summed E-state index contributed by atoms with van der Waals surface area (Å²) in [4.78, 5) is 14.8. The van der Waals surface area contributed by atoms with Crippen molar-refractivity contribution in [1.82, 2.24) is 9.62 Å². The lowest BCUT2D eigenvalue weighted by atomic mass is 9.96. The first-order chi connectivity index (χ1) is 13.0. The van der Waals surface area contributed by atoms with E-state index in [4.69, 9.17) is 0 Å². The van der Waals surface area contributed by atoms with Gasteiger partial charge in [-0.3, -0.25) is 9.69 Å². The first-order valence-electron chi connectivity index (χ1n) is 10.2. The highest BCUT2D eigenvalue weighted by Crippen LogP contribution is 2.24. The summed E-state index contributed by atoms with van der Waals surface area (Å²) in [6, 6.07) is 7.57. The number of nitrogens with one attached hydrogen (secondary N) is 2. The van der Waals surface area contributed by atoms with Gasteiger partial charge in [0.1, 0.15) is 0 Å².